The van der Waals surface area contributed by atoms with Crippen LogP contribution in [0.5, 0.6) is 5.75 Å². The molecule has 25 heavy (non-hydrogen) atoms. The van der Waals surface area contributed by atoms with Gasteiger partial charge in [0.2, 0.25) is 0 Å². The number of carbonyl (C=O) groups is 2. The average Bonchev–Trinajstić information content (AvgIpc) is 2.52. The van der Waals surface area contributed by atoms with Crippen molar-refractivity contribution in [1.29, 1.82) is 0 Å². The smallest absolute Gasteiger partial charge is 0.328 e. The number of rotatable bonds is 5. The molecule has 0 unspecified atom stereocenters. The molecule has 0 aliphatic carbocycles. The summed E-state index contributed by atoms with van der Waals surface area (Å²) < 4.78 is 0. The van der Waals surface area contributed by atoms with Crippen LogP contribution in [0.25, 0.3) is 10.8 Å². The summed E-state index contributed by atoms with van der Waals surface area (Å²) in [6, 6.07) is 12.0. The number of phenols is 1. The summed E-state index contributed by atoms with van der Waals surface area (Å²) in [5, 5.41) is 27.5. The molecule has 0 radical (unpaired) electrons. The van der Waals surface area contributed by atoms with Crippen molar-refractivity contribution in [3.63, 3.8) is 0 Å². The van der Waals surface area contributed by atoms with Crippen LogP contribution in [0.2, 0.25) is 0 Å². The summed E-state index contributed by atoms with van der Waals surface area (Å²) in [5.41, 5.74) is 1.38. The zero-order valence-electron chi connectivity index (χ0n) is 13.8. The van der Waals surface area contributed by atoms with Crippen molar-refractivity contribution < 1.29 is 24.9 Å². The Morgan fingerprint density at radius 3 is 2.28 bits per heavy atom. The number of fused-ring (bicyclic) bond motifs is 1. The van der Waals surface area contributed by atoms with Gasteiger partial charge in [0.25, 0.3) is 0 Å². The third kappa shape index (κ3) is 5.93. The molecule has 6 heteroatoms. The molecule has 2 aromatic rings. The molecule has 0 spiro atoms. The zero-order valence-corrected chi connectivity index (χ0v) is 13.8. The van der Waals surface area contributed by atoms with Gasteiger partial charge >= 0.3 is 11.9 Å². The number of carboxylic acids is 2. The van der Waals surface area contributed by atoms with Gasteiger partial charge in [0, 0.05) is 18.7 Å². The molecule has 1 aliphatic heterocycles. The van der Waals surface area contributed by atoms with E-state index in [4.69, 9.17) is 10.2 Å². The second-order valence-corrected chi connectivity index (χ2v) is 5.78. The lowest BCUT2D eigenvalue weighted by Gasteiger charge is -2.30. The third-order valence-electron chi connectivity index (χ3n) is 3.97. The van der Waals surface area contributed by atoms with Crippen LogP contribution in [0.15, 0.2) is 48.6 Å². The number of likely N-dealkylation sites (tertiary alicyclic amines) is 1. The Labute approximate surface area is 145 Å². The maximum atomic E-state index is 9.55. The van der Waals surface area contributed by atoms with Crippen LogP contribution >= 0.6 is 0 Å². The van der Waals surface area contributed by atoms with Gasteiger partial charge in [-0.2, -0.15) is 0 Å². The molecule has 1 heterocycles. The molecule has 0 aromatic heterocycles. The molecule has 6 nitrogen and oxygen atoms in total. The van der Waals surface area contributed by atoms with Crippen LogP contribution in [0.1, 0.15) is 12.0 Å². The van der Waals surface area contributed by atoms with Gasteiger partial charge in [-0.1, -0.05) is 24.3 Å². The van der Waals surface area contributed by atoms with Crippen LogP contribution in [0, 0.1) is 0 Å². The highest BCUT2D eigenvalue weighted by molar-refractivity contribution is 5.89. The average molecular weight is 343 g/mol. The molecule has 3 N–H and O–H groups in total. The minimum absolute atomic E-state index is 0.345. The van der Waals surface area contributed by atoms with Crippen molar-refractivity contribution in [2.75, 3.05) is 19.6 Å². The molecule has 3 rings (SSSR count). The zero-order chi connectivity index (χ0) is 18.2. The fourth-order valence-electron chi connectivity index (χ4n) is 2.58. The summed E-state index contributed by atoms with van der Waals surface area (Å²) in [7, 11) is 0. The predicted molar refractivity (Wildman–Crippen MR) is 94.8 cm³/mol. The Hall–Kier alpha value is -2.86. The second-order valence-electron chi connectivity index (χ2n) is 5.78. The van der Waals surface area contributed by atoms with Crippen LogP contribution in [-0.2, 0) is 16.0 Å². The van der Waals surface area contributed by atoms with Crippen LogP contribution in [0.4, 0.5) is 0 Å². The maximum absolute atomic E-state index is 9.55. The van der Waals surface area contributed by atoms with Crippen molar-refractivity contribution in [1.82, 2.24) is 4.90 Å². The Kier molecular flexibility index (Phi) is 6.54. The van der Waals surface area contributed by atoms with Gasteiger partial charge < -0.3 is 20.2 Å². The quantitative estimate of drug-likeness (QED) is 0.722. The molecule has 0 atom stereocenters. The fraction of sp³-hybridized carbons (Fsp3) is 0.263. The first-order chi connectivity index (χ1) is 12.0. The van der Waals surface area contributed by atoms with Gasteiger partial charge in [0.15, 0.2) is 0 Å². The number of nitrogens with zero attached hydrogens (tertiary/aromatic N) is 1. The summed E-state index contributed by atoms with van der Waals surface area (Å²) in [4.78, 5) is 21.6. The maximum Gasteiger partial charge on any atom is 0.328 e. The van der Waals surface area contributed by atoms with Gasteiger partial charge in [0.1, 0.15) is 5.75 Å². The van der Waals surface area contributed by atoms with Crippen LogP contribution in [-0.4, -0.2) is 51.8 Å². The number of hydrogen-bond donors (Lipinski definition) is 3. The molecule has 0 saturated carbocycles. The molecule has 0 amide bonds. The number of aliphatic carboxylic acids is 2. The minimum Gasteiger partial charge on any atom is -0.508 e. The Morgan fingerprint density at radius 1 is 1.04 bits per heavy atom. The van der Waals surface area contributed by atoms with Crippen LogP contribution in [0.3, 0.4) is 0 Å². The van der Waals surface area contributed by atoms with Crippen molar-refractivity contribution >= 4 is 22.7 Å². The monoisotopic (exact) mass is 343 g/mol. The minimum atomic E-state index is -1.26. The lowest BCUT2D eigenvalue weighted by atomic mass is 10.0. The fourth-order valence-corrected chi connectivity index (χ4v) is 2.58. The Morgan fingerprint density at radius 2 is 1.72 bits per heavy atom. The highest BCUT2D eigenvalue weighted by Gasteiger charge is 2.13. The van der Waals surface area contributed by atoms with E-state index in [1.54, 1.807) is 6.07 Å². The highest BCUT2D eigenvalue weighted by atomic mass is 16.4. The first kappa shape index (κ1) is 18.5. The van der Waals surface area contributed by atoms with Gasteiger partial charge in [-0.3, -0.25) is 0 Å². The summed E-state index contributed by atoms with van der Waals surface area (Å²) in [6.07, 6.45) is 3.57. The molecular weight excluding hydrogens is 322 g/mol. The SMILES string of the molecule is O=C(O)/C=C/C(=O)O.Oc1ccc2c(CCN3CCC3)cccc2c1. The van der Waals surface area contributed by atoms with Gasteiger partial charge in [0.05, 0.1) is 0 Å². The van der Waals surface area contributed by atoms with E-state index in [1.807, 2.05) is 12.1 Å². The van der Waals surface area contributed by atoms with E-state index >= 15 is 0 Å². The van der Waals surface area contributed by atoms with Crippen molar-refractivity contribution in [3.05, 3.63) is 54.1 Å². The van der Waals surface area contributed by atoms with Crippen molar-refractivity contribution in [3.8, 4) is 5.75 Å². The number of benzene rings is 2. The predicted octanol–water partition coefficient (Wildman–Crippen LogP) is 2.51. The van der Waals surface area contributed by atoms with E-state index in [-0.39, 0.29) is 0 Å². The van der Waals surface area contributed by atoms with E-state index in [2.05, 4.69) is 23.1 Å². The van der Waals surface area contributed by atoms with Crippen molar-refractivity contribution in [2.45, 2.75) is 12.8 Å². The molecular formula is C19H21NO5. The lowest BCUT2D eigenvalue weighted by Crippen LogP contribution is -2.38. The van der Waals surface area contributed by atoms with Gasteiger partial charge in [-0.15, -0.1) is 0 Å². The first-order valence-corrected chi connectivity index (χ1v) is 8.02. The van der Waals surface area contributed by atoms with Gasteiger partial charge in [-0.05, 0) is 54.4 Å². The first-order valence-electron chi connectivity index (χ1n) is 8.02. The Balaban J connectivity index is 0.000000242. The molecule has 1 aliphatic rings. The number of phenolic OH excluding ortho intramolecular Hbond substituents is 1. The summed E-state index contributed by atoms with van der Waals surface area (Å²) in [5.74, 6) is -2.17. The largest absolute Gasteiger partial charge is 0.508 e. The standard InChI is InChI=1S/C15H17NO.C4H4O4/c17-14-5-6-15-12(3-1-4-13(15)11-14)7-10-16-8-2-9-16;5-3(6)1-2-4(7)8/h1,3-6,11,17H,2,7-10H2;1-2H,(H,5,6)(H,7,8)/b;2-1+. The lowest BCUT2D eigenvalue weighted by molar-refractivity contribution is -0.134. The second kappa shape index (κ2) is 8.84. The van der Waals surface area contributed by atoms with Crippen LogP contribution < -0.4 is 0 Å². The topological polar surface area (TPSA) is 98.1 Å². The molecule has 132 valence electrons. The molecule has 2 aromatic carbocycles. The molecule has 1 saturated heterocycles. The summed E-state index contributed by atoms with van der Waals surface area (Å²) >= 11 is 0. The van der Waals surface area contributed by atoms with Gasteiger partial charge in [-0.25, -0.2) is 9.59 Å². The van der Waals surface area contributed by atoms with E-state index in [9.17, 15) is 14.7 Å². The van der Waals surface area contributed by atoms with E-state index in [0.29, 0.717) is 17.9 Å². The van der Waals surface area contributed by atoms with Crippen molar-refractivity contribution in [2.24, 2.45) is 0 Å². The highest BCUT2D eigenvalue weighted by Crippen LogP contribution is 2.23. The normalized spacial score (nSPS) is 13.9. The third-order valence-corrected chi connectivity index (χ3v) is 3.97. The number of hydrogen-bond acceptors (Lipinski definition) is 4. The van der Waals surface area contributed by atoms with E-state index in [1.165, 1.54) is 30.5 Å². The summed E-state index contributed by atoms with van der Waals surface area (Å²) in [6.45, 7) is 3.66. The molecule has 1 fully saturated rings. The Bertz CT molecular complexity index is 764. The molecule has 0 bridgehead atoms. The number of carboxylic acid groups (broad SMARTS) is 2. The van der Waals surface area contributed by atoms with E-state index in [0.717, 1.165) is 18.4 Å². The van der Waals surface area contributed by atoms with E-state index < -0.39 is 11.9 Å². The number of aromatic hydroxyl groups is 1.